The molecule has 3 rings (SSSR count). The summed E-state index contributed by atoms with van der Waals surface area (Å²) in [6, 6.07) is 2.67. The van der Waals surface area contributed by atoms with E-state index in [4.69, 9.17) is 0 Å². The second-order valence-corrected chi connectivity index (χ2v) is 5.16. The van der Waals surface area contributed by atoms with Crippen molar-refractivity contribution in [2.24, 2.45) is 0 Å². The van der Waals surface area contributed by atoms with Gasteiger partial charge in [0.25, 0.3) is 5.56 Å². The van der Waals surface area contributed by atoms with Crippen molar-refractivity contribution in [1.82, 2.24) is 19.9 Å². The van der Waals surface area contributed by atoms with Crippen molar-refractivity contribution in [3.05, 3.63) is 35.0 Å². The van der Waals surface area contributed by atoms with Gasteiger partial charge in [0.15, 0.2) is 11.4 Å². The fourth-order valence-electron chi connectivity index (χ4n) is 2.58. The molecule has 21 heavy (non-hydrogen) atoms. The van der Waals surface area contributed by atoms with Crippen LogP contribution < -0.4 is 10.9 Å². The fourth-order valence-corrected chi connectivity index (χ4v) is 2.58. The van der Waals surface area contributed by atoms with E-state index in [0.29, 0.717) is 24.0 Å². The maximum Gasteiger partial charge on any atom is 0.263 e. The van der Waals surface area contributed by atoms with Crippen LogP contribution in [-0.2, 0) is 11.3 Å². The molecule has 2 atom stereocenters. The van der Waals surface area contributed by atoms with Crippen LogP contribution in [0.25, 0.3) is 11.0 Å². The van der Waals surface area contributed by atoms with Crippen molar-refractivity contribution in [1.29, 1.82) is 0 Å². The van der Waals surface area contributed by atoms with Gasteiger partial charge in [-0.05, 0) is 31.5 Å². The van der Waals surface area contributed by atoms with Gasteiger partial charge in [-0.25, -0.2) is 9.97 Å². The molecule has 0 aromatic carbocycles. The maximum atomic E-state index is 12.3. The molecule has 0 aliphatic carbocycles. The smallest absolute Gasteiger partial charge is 0.263 e. The summed E-state index contributed by atoms with van der Waals surface area (Å²) in [5.74, 6) is -0.214. The van der Waals surface area contributed by atoms with Crippen molar-refractivity contribution in [2.75, 3.05) is 6.54 Å². The minimum atomic E-state index is -0.697. The molecule has 0 radical (unpaired) electrons. The Morgan fingerprint density at radius 1 is 1.48 bits per heavy atom. The van der Waals surface area contributed by atoms with Crippen molar-refractivity contribution in [3.63, 3.8) is 0 Å². The number of carbonyl (C=O) groups is 1. The van der Waals surface area contributed by atoms with Crippen LogP contribution in [0.4, 0.5) is 0 Å². The summed E-state index contributed by atoms with van der Waals surface area (Å²) < 4.78 is 1.26. The summed E-state index contributed by atoms with van der Waals surface area (Å²) in [6.45, 7) is 0.591. The topological polar surface area (TPSA) is 97.1 Å². The number of hydrogen-bond acceptors (Lipinski definition) is 6. The second-order valence-electron chi connectivity index (χ2n) is 5.16. The minimum Gasteiger partial charge on any atom is -0.391 e. The summed E-state index contributed by atoms with van der Waals surface area (Å²) in [5, 5.41) is 13.2. The highest BCUT2D eigenvalue weighted by molar-refractivity contribution is 5.85. The van der Waals surface area contributed by atoms with Crippen LogP contribution in [0.15, 0.2) is 29.5 Å². The third kappa shape index (κ3) is 2.70. The molecule has 7 nitrogen and oxygen atoms in total. The number of pyridine rings is 1. The number of rotatable bonds is 3. The summed E-state index contributed by atoms with van der Waals surface area (Å²) >= 11 is 0. The first-order chi connectivity index (χ1) is 10.2. The number of ketones is 1. The van der Waals surface area contributed by atoms with Crippen LogP contribution in [0.1, 0.15) is 12.8 Å². The first kappa shape index (κ1) is 13.8. The summed E-state index contributed by atoms with van der Waals surface area (Å²) in [7, 11) is 0. The van der Waals surface area contributed by atoms with E-state index < -0.39 is 12.1 Å². The SMILES string of the molecule is O=C(Cn1cnc2ncccc2c1=O)[C@H]1NCCC[C@@H]1O. The molecule has 1 fully saturated rings. The van der Waals surface area contributed by atoms with Gasteiger partial charge in [-0.15, -0.1) is 0 Å². The lowest BCUT2D eigenvalue weighted by Gasteiger charge is -2.27. The van der Waals surface area contributed by atoms with E-state index in [9.17, 15) is 14.7 Å². The predicted molar refractivity (Wildman–Crippen MR) is 75.8 cm³/mol. The molecule has 1 aliphatic rings. The molecule has 1 aliphatic heterocycles. The lowest BCUT2D eigenvalue weighted by atomic mass is 9.98. The first-order valence-electron chi connectivity index (χ1n) is 6.91. The Bertz CT molecular complexity index is 727. The van der Waals surface area contributed by atoms with Gasteiger partial charge in [-0.3, -0.25) is 14.2 Å². The number of carbonyl (C=O) groups excluding carboxylic acids is 1. The van der Waals surface area contributed by atoms with E-state index in [2.05, 4.69) is 15.3 Å². The Hall–Kier alpha value is -2.12. The van der Waals surface area contributed by atoms with E-state index in [0.717, 1.165) is 6.42 Å². The Morgan fingerprint density at radius 3 is 3.14 bits per heavy atom. The largest absolute Gasteiger partial charge is 0.391 e. The molecule has 110 valence electrons. The zero-order valence-corrected chi connectivity index (χ0v) is 11.4. The van der Waals surface area contributed by atoms with Gasteiger partial charge in [-0.2, -0.15) is 0 Å². The van der Waals surface area contributed by atoms with Gasteiger partial charge >= 0.3 is 0 Å². The van der Waals surface area contributed by atoms with Crippen molar-refractivity contribution in [2.45, 2.75) is 31.5 Å². The highest BCUT2D eigenvalue weighted by atomic mass is 16.3. The number of aromatic nitrogens is 3. The average Bonchev–Trinajstić information content (AvgIpc) is 2.51. The highest BCUT2D eigenvalue weighted by Gasteiger charge is 2.29. The predicted octanol–water partition coefficient (Wildman–Crippen LogP) is -0.527. The van der Waals surface area contributed by atoms with Crippen LogP contribution in [0, 0.1) is 0 Å². The number of Topliss-reactive ketones (excluding diaryl/α,β-unsaturated/α-hetero) is 1. The molecular formula is C14H16N4O3. The third-order valence-electron chi connectivity index (χ3n) is 3.70. The van der Waals surface area contributed by atoms with Crippen molar-refractivity contribution < 1.29 is 9.90 Å². The van der Waals surface area contributed by atoms with E-state index in [1.54, 1.807) is 18.3 Å². The summed E-state index contributed by atoms with van der Waals surface area (Å²) in [4.78, 5) is 32.6. The zero-order chi connectivity index (χ0) is 14.8. The maximum absolute atomic E-state index is 12.3. The lowest BCUT2D eigenvalue weighted by Crippen LogP contribution is -2.51. The van der Waals surface area contributed by atoms with E-state index in [1.807, 2.05) is 0 Å². The van der Waals surface area contributed by atoms with E-state index in [1.165, 1.54) is 10.9 Å². The number of hydrogen-bond donors (Lipinski definition) is 2. The molecule has 3 heterocycles. The zero-order valence-electron chi connectivity index (χ0n) is 11.4. The molecule has 2 N–H and O–H groups in total. The Balaban J connectivity index is 1.86. The molecule has 0 spiro atoms. The standard InChI is InChI=1S/C14H16N4O3/c19-10-4-2-5-15-12(10)11(20)7-18-8-17-13-9(14(18)21)3-1-6-16-13/h1,3,6,8,10,12,15,19H,2,4-5,7H2/t10-,12-/m0/s1. The molecule has 0 unspecified atom stereocenters. The molecule has 2 aromatic heterocycles. The first-order valence-corrected chi connectivity index (χ1v) is 6.91. The molecule has 1 saturated heterocycles. The van der Waals surface area contributed by atoms with Gasteiger partial charge in [-0.1, -0.05) is 0 Å². The van der Waals surface area contributed by atoms with Crippen LogP contribution in [0.3, 0.4) is 0 Å². The lowest BCUT2D eigenvalue weighted by molar-refractivity contribution is -0.125. The van der Waals surface area contributed by atoms with E-state index >= 15 is 0 Å². The summed E-state index contributed by atoms with van der Waals surface area (Å²) in [5.41, 5.74) is 0.0637. The van der Waals surface area contributed by atoms with Gasteiger partial charge < -0.3 is 10.4 Å². The minimum absolute atomic E-state index is 0.106. The van der Waals surface area contributed by atoms with Crippen LogP contribution in [0.2, 0.25) is 0 Å². The second kappa shape index (κ2) is 5.71. The summed E-state index contributed by atoms with van der Waals surface area (Å²) in [6.07, 6.45) is 3.63. The number of nitrogens with one attached hydrogen (secondary N) is 1. The normalized spacial score (nSPS) is 22.3. The fraction of sp³-hybridized carbons (Fsp3) is 0.429. The number of nitrogens with zero attached hydrogens (tertiary/aromatic N) is 3. The van der Waals surface area contributed by atoms with Gasteiger partial charge in [0.05, 0.1) is 24.1 Å². The Morgan fingerprint density at radius 2 is 2.33 bits per heavy atom. The van der Waals surface area contributed by atoms with E-state index in [-0.39, 0.29) is 17.9 Å². The molecule has 7 heteroatoms. The van der Waals surface area contributed by atoms with Gasteiger partial charge in [0, 0.05) is 6.20 Å². The molecule has 0 amide bonds. The quantitative estimate of drug-likeness (QED) is 0.788. The monoisotopic (exact) mass is 288 g/mol. The van der Waals surface area contributed by atoms with Gasteiger partial charge in [0.2, 0.25) is 0 Å². The van der Waals surface area contributed by atoms with Gasteiger partial charge in [0.1, 0.15) is 6.33 Å². The highest BCUT2D eigenvalue weighted by Crippen LogP contribution is 2.10. The molecule has 0 bridgehead atoms. The number of aliphatic hydroxyl groups excluding tert-OH is 1. The molecule has 0 saturated carbocycles. The van der Waals surface area contributed by atoms with Crippen LogP contribution in [0.5, 0.6) is 0 Å². The Kier molecular flexibility index (Phi) is 3.76. The number of aliphatic hydroxyl groups is 1. The Labute approximate surface area is 120 Å². The third-order valence-corrected chi connectivity index (χ3v) is 3.70. The van der Waals surface area contributed by atoms with Crippen molar-refractivity contribution >= 4 is 16.8 Å². The molecular weight excluding hydrogens is 272 g/mol. The number of piperidine rings is 1. The number of fused-ring (bicyclic) bond motifs is 1. The van der Waals surface area contributed by atoms with Crippen LogP contribution >= 0.6 is 0 Å². The van der Waals surface area contributed by atoms with Crippen LogP contribution in [-0.4, -0.2) is 44.1 Å². The van der Waals surface area contributed by atoms with Crippen molar-refractivity contribution in [3.8, 4) is 0 Å². The molecule has 2 aromatic rings. The average molecular weight is 288 g/mol.